The first-order valence-electron chi connectivity index (χ1n) is 13.1. The minimum absolute atomic E-state index is 0.202. The van der Waals surface area contributed by atoms with Crippen LogP contribution in [0.4, 0.5) is 5.69 Å². The molecule has 0 spiro atoms. The lowest BCUT2D eigenvalue weighted by molar-refractivity contribution is -0.115. The number of hydrogen-bond acceptors (Lipinski definition) is 7. The minimum Gasteiger partial charge on any atom is -0.493 e. The van der Waals surface area contributed by atoms with E-state index in [0.29, 0.717) is 44.2 Å². The van der Waals surface area contributed by atoms with Crippen LogP contribution in [0.5, 0.6) is 23.0 Å². The number of halogens is 1. The van der Waals surface area contributed by atoms with Crippen molar-refractivity contribution >= 4 is 50.5 Å². The fraction of sp³-hybridized carbons (Fsp3) is 0.152. The number of carbonyl (C=O) groups is 1. The Hall–Kier alpha value is -4.21. The molecule has 1 saturated heterocycles. The predicted octanol–water partition coefficient (Wildman–Crippen LogP) is 7.82. The maximum Gasteiger partial charge on any atom is 0.264 e. The van der Waals surface area contributed by atoms with Crippen LogP contribution in [0.1, 0.15) is 22.3 Å². The van der Waals surface area contributed by atoms with Crippen LogP contribution in [0.15, 0.2) is 99.3 Å². The van der Waals surface area contributed by atoms with Crippen LogP contribution in [-0.2, 0) is 18.0 Å². The van der Waals surface area contributed by atoms with Gasteiger partial charge in [-0.2, -0.15) is 0 Å². The van der Waals surface area contributed by atoms with Gasteiger partial charge in [-0.05, 0) is 93.8 Å². The highest BCUT2D eigenvalue weighted by molar-refractivity contribution is 9.10. The average Bonchev–Trinajstić information content (AvgIpc) is 3.34. The van der Waals surface area contributed by atoms with E-state index in [1.165, 1.54) is 11.8 Å². The highest BCUT2D eigenvalue weighted by Crippen LogP contribution is 2.39. The van der Waals surface area contributed by atoms with Gasteiger partial charge in [0.05, 0.1) is 29.3 Å². The molecule has 0 aliphatic carbocycles. The monoisotopic (exact) mass is 644 g/mol. The molecule has 42 heavy (non-hydrogen) atoms. The summed E-state index contributed by atoms with van der Waals surface area (Å²) in [7, 11) is 3.19. The largest absolute Gasteiger partial charge is 0.493 e. The summed E-state index contributed by atoms with van der Waals surface area (Å²) in [6, 6.07) is 27.2. The van der Waals surface area contributed by atoms with Gasteiger partial charge in [0.2, 0.25) is 0 Å². The number of hydrogen-bond donors (Lipinski definition) is 1. The van der Waals surface area contributed by atoms with E-state index in [4.69, 9.17) is 18.9 Å². The normalized spacial score (nSPS) is 14.6. The number of aryl methyl sites for hydroxylation is 1. The Balaban J connectivity index is 1.27. The molecule has 0 radical (unpaired) electrons. The van der Waals surface area contributed by atoms with E-state index in [1.807, 2.05) is 91.9 Å². The molecule has 1 aliphatic rings. The lowest BCUT2D eigenvalue weighted by Crippen LogP contribution is -2.19. The number of rotatable bonds is 10. The molecule has 5 rings (SSSR count). The van der Waals surface area contributed by atoms with Crippen molar-refractivity contribution in [1.82, 2.24) is 5.32 Å². The van der Waals surface area contributed by atoms with E-state index >= 15 is 0 Å². The second kappa shape index (κ2) is 13.6. The second-order valence-electron chi connectivity index (χ2n) is 9.40. The van der Waals surface area contributed by atoms with Gasteiger partial charge in [0.1, 0.15) is 13.2 Å². The number of carbonyl (C=O) groups excluding carboxylic acids is 1. The van der Waals surface area contributed by atoms with Crippen LogP contribution in [0.3, 0.4) is 0 Å². The quantitative estimate of drug-likeness (QED) is 0.177. The van der Waals surface area contributed by atoms with Gasteiger partial charge in [0.15, 0.2) is 28.2 Å². The number of thioether (sulfide) groups is 1. The molecule has 4 aromatic carbocycles. The molecular weight excluding hydrogens is 616 g/mol. The highest BCUT2D eigenvalue weighted by atomic mass is 79.9. The molecule has 9 heteroatoms. The molecule has 4 aromatic rings. The van der Waals surface area contributed by atoms with Crippen molar-refractivity contribution in [1.29, 1.82) is 0 Å². The summed E-state index contributed by atoms with van der Waals surface area (Å²) >= 11 is 4.90. The third-order valence-corrected chi connectivity index (χ3v) is 7.81. The first kappa shape index (κ1) is 29.3. The Labute approximate surface area is 257 Å². The summed E-state index contributed by atoms with van der Waals surface area (Å²) < 4.78 is 24.0. The molecule has 0 unspecified atom stereocenters. The number of amidine groups is 1. The lowest BCUT2D eigenvalue weighted by atomic mass is 10.1. The molecule has 214 valence electrons. The van der Waals surface area contributed by atoms with E-state index in [-0.39, 0.29) is 12.5 Å². The third-order valence-electron chi connectivity index (χ3n) is 6.31. The average molecular weight is 646 g/mol. The number of benzene rings is 4. The molecule has 1 fully saturated rings. The van der Waals surface area contributed by atoms with Crippen LogP contribution in [-0.4, -0.2) is 25.3 Å². The van der Waals surface area contributed by atoms with Crippen molar-refractivity contribution in [2.45, 2.75) is 20.1 Å². The highest BCUT2D eigenvalue weighted by Gasteiger charge is 2.24. The van der Waals surface area contributed by atoms with Gasteiger partial charge in [-0.15, -0.1) is 0 Å². The zero-order valence-electron chi connectivity index (χ0n) is 23.3. The van der Waals surface area contributed by atoms with E-state index in [0.717, 1.165) is 27.9 Å². The van der Waals surface area contributed by atoms with Crippen LogP contribution in [0, 0.1) is 6.92 Å². The van der Waals surface area contributed by atoms with Crippen LogP contribution >= 0.6 is 27.7 Å². The first-order chi connectivity index (χ1) is 20.4. The lowest BCUT2D eigenvalue weighted by Gasteiger charge is -2.15. The van der Waals surface area contributed by atoms with Crippen molar-refractivity contribution < 1.29 is 23.7 Å². The topological polar surface area (TPSA) is 78.4 Å². The smallest absolute Gasteiger partial charge is 0.264 e. The van der Waals surface area contributed by atoms with Gasteiger partial charge in [-0.1, -0.05) is 54.1 Å². The molecule has 0 saturated carbocycles. The molecule has 0 atom stereocenters. The standard InChI is InChI=1S/C33H29BrN2O5S/c1-21-9-12-25(13-10-21)35-33-36-32(37)30(42-33)18-24-15-26(34)31(29(17-24)39-3)41-20-23-11-14-27(28(16-23)38-2)40-19-22-7-5-4-6-8-22/h4-18H,19-20H2,1-3H3,(H,35,36,37)/b30-18+. The Morgan fingerprint density at radius 3 is 2.31 bits per heavy atom. The van der Waals surface area contributed by atoms with E-state index < -0.39 is 0 Å². The van der Waals surface area contributed by atoms with Crippen molar-refractivity contribution in [2.24, 2.45) is 4.99 Å². The van der Waals surface area contributed by atoms with Gasteiger partial charge in [-0.3, -0.25) is 4.79 Å². The Morgan fingerprint density at radius 2 is 1.57 bits per heavy atom. The molecule has 1 amide bonds. The van der Waals surface area contributed by atoms with E-state index in [2.05, 4.69) is 26.2 Å². The molecule has 1 N–H and O–H groups in total. The fourth-order valence-corrected chi connectivity index (χ4v) is 5.56. The number of amides is 1. The Morgan fingerprint density at radius 1 is 0.833 bits per heavy atom. The summed E-state index contributed by atoms with van der Waals surface area (Å²) in [6.45, 7) is 2.74. The molecule has 0 bridgehead atoms. The number of nitrogens with one attached hydrogen (secondary N) is 1. The van der Waals surface area contributed by atoms with Gasteiger partial charge in [0.25, 0.3) is 5.91 Å². The molecule has 1 heterocycles. The van der Waals surface area contributed by atoms with Crippen LogP contribution in [0.2, 0.25) is 0 Å². The SMILES string of the molecule is COc1cc(COc2c(Br)cc(/C=C3/SC(=Nc4ccc(C)cc4)NC3=O)cc2OC)ccc1OCc1ccccc1. The predicted molar refractivity (Wildman–Crippen MR) is 171 cm³/mol. The maximum atomic E-state index is 12.6. The van der Waals surface area contributed by atoms with E-state index in [9.17, 15) is 4.79 Å². The van der Waals surface area contributed by atoms with Crippen LogP contribution < -0.4 is 24.3 Å². The zero-order valence-corrected chi connectivity index (χ0v) is 25.8. The summed E-state index contributed by atoms with van der Waals surface area (Å²) in [5.41, 5.74) is 4.69. The molecule has 1 aliphatic heterocycles. The van der Waals surface area contributed by atoms with Crippen molar-refractivity contribution in [3.8, 4) is 23.0 Å². The first-order valence-corrected chi connectivity index (χ1v) is 14.7. The summed E-state index contributed by atoms with van der Waals surface area (Å²) in [6.07, 6.45) is 1.80. The Bertz CT molecular complexity index is 1640. The number of aliphatic imine (C=N–C) groups is 1. The zero-order chi connectivity index (χ0) is 29.5. The van der Waals surface area contributed by atoms with Crippen LogP contribution in [0.25, 0.3) is 6.08 Å². The Kier molecular flexibility index (Phi) is 9.51. The van der Waals surface area contributed by atoms with E-state index in [1.54, 1.807) is 20.3 Å². The molecule has 0 aromatic heterocycles. The molecule has 7 nitrogen and oxygen atoms in total. The number of ether oxygens (including phenoxy) is 4. The van der Waals surface area contributed by atoms with Gasteiger partial charge >= 0.3 is 0 Å². The van der Waals surface area contributed by atoms with Crippen molar-refractivity contribution in [3.63, 3.8) is 0 Å². The third kappa shape index (κ3) is 7.35. The summed E-state index contributed by atoms with van der Waals surface area (Å²) in [4.78, 5) is 17.7. The minimum atomic E-state index is -0.202. The molecular formula is C33H29BrN2O5S. The van der Waals surface area contributed by atoms with Gasteiger partial charge < -0.3 is 24.3 Å². The number of methoxy groups -OCH3 is 2. The second-order valence-corrected chi connectivity index (χ2v) is 11.3. The fourth-order valence-electron chi connectivity index (χ4n) is 4.14. The summed E-state index contributed by atoms with van der Waals surface area (Å²) in [5, 5.41) is 3.36. The van der Waals surface area contributed by atoms with Gasteiger partial charge in [0, 0.05) is 0 Å². The van der Waals surface area contributed by atoms with Gasteiger partial charge in [-0.25, -0.2) is 4.99 Å². The van der Waals surface area contributed by atoms with Crippen molar-refractivity contribution in [2.75, 3.05) is 14.2 Å². The summed E-state index contributed by atoms with van der Waals surface area (Å²) in [5.74, 6) is 2.15. The number of nitrogens with zero attached hydrogens (tertiary/aromatic N) is 1. The maximum absolute atomic E-state index is 12.6. The van der Waals surface area contributed by atoms with Crippen molar-refractivity contribution in [3.05, 3.63) is 117 Å².